The summed E-state index contributed by atoms with van der Waals surface area (Å²) in [7, 11) is 1.62. The summed E-state index contributed by atoms with van der Waals surface area (Å²) < 4.78 is 5.53. The molecule has 104 valence electrons. The lowest BCUT2D eigenvalue weighted by molar-refractivity contribution is -0.140. The Bertz CT molecular complexity index is 465. The first-order valence-corrected chi connectivity index (χ1v) is 6.72. The Morgan fingerprint density at radius 3 is 2.63 bits per heavy atom. The van der Waals surface area contributed by atoms with E-state index in [2.05, 4.69) is 10.6 Å². The second-order valence-electron chi connectivity index (χ2n) is 5.15. The number of methoxy groups -OCH3 is 1. The molecule has 1 aromatic rings. The lowest BCUT2D eigenvalue weighted by Gasteiger charge is -2.35. The SMILES string of the molecule is COC1(C(=O)Nc2cccc(C)c2C)CCNCC1. The van der Waals surface area contributed by atoms with E-state index in [4.69, 9.17) is 4.74 Å². The molecule has 0 aromatic heterocycles. The Morgan fingerprint density at radius 1 is 1.32 bits per heavy atom. The van der Waals surface area contributed by atoms with Gasteiger partial charge in [0.1, 0.15) is 5.60 Å². The summed E-state index contributed by atoms with van der Waals surface area (Å²) in [4.78, 5) is 12.5. The topological polar surface area (TPSA) is 50.4 Å². The maximum Gasteiger partial charge on any atom is 0.256 e. The summed E-state index contributed by atoms with van der Waals surface area (Å²) in [5, 5.41) is 6.27. The van der Waals surface area contributed by atoms with Crippen LogP contribution >= 0.6 is 0 Å². The van der Waals surface area contributed by atoms with Crippen LogP contribution in [0.15, 0.2) is 18.2 Å². The van der Waals surface area contributed by atoms with Crippen LogP contribution in [0.1, 0.15) is 24.0 Å². The van der Waals surface area contributed by atoms with Gasteiger partial charge < -0.3 is 15.4 Å². The molecule has 2 rings (SSSR count). The molecule has 19 heavy (non-hydrogen) atoms. The normalized spacial score (nSPS) is 18.1. The van der Waals surface area contributed by atoms with Crippen molar-refractivity contribution in [1.82, 2.24) is 5.32 Å². The van der Waals surface area contributed by atoms with Crippen molar-refractivity contribution in [2.24, 2.45) is 0 Å². The predicted octanol–water partition coefficient (Wildman–Crippen LogP) is 2.01. The van der Waals surface area contributed by atoms with Crippen LogP contribution in [0.2, 0.25) is 0 Å². The molecule has 0 bridgehead atoms. The molecule has 4 nitrogen and oxygen atoms in total. The van der Waals surface area contributed by atoms with E-state index in [-0.39, 0.29) is 5.91 Å². The van der Waals surface area contributed by atoms with Crippen LogP contribution in [0.25, 0.3) is 0 Å². The molecule has 0 saturated carbocycles. The fourth-order valence-corrected chi connectivity index (χ4v) is 2.48. The van der Waals surface area contributed by atoms with Crippen molar-refractivity contribution in [3.05, 3.63) is 29.3 Å². The summed E-state index contributed by atoms with van der Waals surface area (Å²) in [5.74, 6) is -0.0369. The number of anilines is 1. The number of rotatable bonds is 3. The van der Waals surface area contributed by atoms with Crippen molar-refractivity contribution in [3.8, 4) is 0 Å². The Kier molecular flexibility index (Phi) is 4.22. The second-order valence-corrected chi connectivity index (χ2v) is 5.15. The van der Waals surface area contributed by atoms with Gasteiger partial charge in [-0.05, 0) is 57.0 Å². The lowest BCUT2D eigenvalue weighted by Crippen LogP contribution is -2.51. The molecule has 1 amide bonds. The number of amides is 1. The Balaban J connectivity index is 2.17. The number of benzene rings is 1. The van der Waals surface area contributed by atoms with E-state index in [1.54, 1.807) is 7.11 Å². The predicted molar refractivity (Wildman–Crippen MR) is 76.4 cm³/mol. The van der Waals surface area contributed by atoms with Gasteiger partial charge in [0.2, 0.25) is 0 Å². The number of hydrogen-bond donors (Lipinski definition) is 2. The van der Waals surface area contributed by atoms with Gasteiger partial charge in [0.25, 0.3) is 5.91 Å². The number of nitrogens with one attached hydrogen (secondary N) is 2. The maximum absolute atomic E-state index is 12.5. The standard InChI is InChI=1S/C15H22N2O2/c1-11-5-4-6-13(12(11)2)17-14(18)15(19-3)7-9-16-10-8-15/h4-6,16H,7-10H2,1-3H3,(H,17,18). The third-order valence-corrected chi connectivity index (χ3v) is 4.07. The molecule has 0 spiro atoms. The third-order valence-electron chi connectivity index (χ3n) is 4.07. The van der Waals surface area contributed by atoms with E-state index in [0.29, 0.717) is 12.8 Å². The zero-order valence-corrected chi connectivity index (χ0v) is 11.9. The monoisotopic (exact) mass is 262 g/mol. The molecule has 4 heteroatoms. The highest BCUT2D eigenvalue weighted by Gasteiger charge is 2.39. The molecule has 1 heterocycles. The van der Waals surface area contributed by atoms with E-state index in [0.717, 1.165) is 24.3 Å². The van der Waals surface area contributed by atoms with E-state index in [1.165, 1.54) is 5.56 Å². The summed E-state index contributed by atoms with van der Waals surface area (Å²) in [6.45, 7) is 5.69. The van der Waals surface area contributed by atoms with Gasteiger partial charge in [0, 0.05) is 12.8 Å². The average Bonchev–Trinajstić information content (AvgIpc) is 2.44. The fraction of sp³-hybridized carbons (Fsp3) is 0.533. The van der Waals surface area contributed by atoms with Crippen LogP contribution in [0.4, 0.5) is 5.69 Å². The van der Waals surface area contributed by atoms with E-state index >= 15 is 0 Å². The quantitative estimate of drug-likeness (QED) is 0.876. The van der Waals surface area contributed by atoms with E-state index in [9.17, 15) is 4.79 Å². The third kappa shape index (κ3) is 2.80. The first-order chi connectivity index (χ1) is 9.09. The molecule has 0 aliphatic carbocycles. The van der Waals surface area contributed by atoms with Gasteiger partial charge in [0.15, 0.2) is 0 Å². The summed E-state index contributed by atoms with van der Waals surface area (Å²) in [6, 6.07) is 5.94. The van der Waals surface area contributed by atoms with Crippen LogP contribution in [-0.4, -0.2) is 31.7 Å². The van der Waals surface area contributed by atoms with Crippen LogP contribution in [0.5, 0.6) is 0 Å². The smallest absolute Gasteiger partial charge is 0.256 e. The minimum absolute atomic E-state index is 0.0369. The molecule has 1 aliphatic heterocycles. The zero-order chi connectivity index (χ0) is 13.9. The van der Waals surface area contributed by atoms with Gasteiger partial charge in [-0.2, -0.15) is 0 Å². The Morgan fingerprint density at radius 2 is 2.00 bits per heavy atom. The fourth-order valence-electron chi connectivity index (χ4n) is 2.48. The molecule has 1 aliphatic rings. The Hall–Kier alpha value is -1.39. The van der Waals surface area contributed by atoms with Gasteiger partial charge in [-0.15, -0.1) is 0 Å². The second kappa shape index (κ2) is 5.72. The zero-order valence-electron chi connectivity index (χ0n) is 11.9. The van der Waals surface area contributed by atoms with Crippen molar-refractivity contribution >= 4 is 11.6 Å². The molecule has 0 atom stereocenters. The average molecular weight is 262 g/mol. The number of carbonyl (C=O) groups excluding carboxylic acids is 1. The first-order valence-electron chi connectivity index (χ1n) is 6.72. The van der Waals surface area contributed by atoms with Crippen molar-refractivity contribution < 1.29 is 9.53 Å². The van der Waals surface area contributed by atoms with Crippen molar-refractivity contribution in [2.45, 2.75) is 32.3 Å². The summed E-state index contributed by atoms with van der Waals surface area (Å²) in [6.07, 6.45) is 1.42. The van der Waals surface area contributed by atoms with Gasteiger partial charge in [-0.25, -0.2) is 0 Å². The number of hydrogen-bond acceptors (Lipinski definition) is 3. The molecule has 1 aromatic carbocycles. The highest BCUT2D eigenvalue weighted by Crippen LogP contribution is 2.26. The highest BCUT2D eigenvalue weighted by molar-refractivity contribution is 5.98. The summed E-state index contributed by atoms with van der Waals surface area (Å²) in [5.41, 5.74) is 2.46. The van der Waals surface area contributed by atoms with E-state index < -0.39 is 5.60 Å². The molecule has 1 saturated heterocycles. The minimum atomic E-state index is -0.693. The van der Waals surface area contributed by atoms with Gasteiger partial charge >= 0.3 is 0 Å². The lowest BCUT2D eigenvalue weighted by atomic mass is 9.91. The van der Waals surface area contributed by atoms with Gasteiger partial charge in [-0.1, -0.05) is 12.1 Å². The van der Waals surface area contributed by atoms with Crippen molar-refractivity contribution in [2.75, 3.05) is 25.5 Å². The minimum Gasteiger partial charge on any atom is -0.368 e. The number of ether oxygens (including phenoxy) is 1. The molecule has 0 radical (unpaired) electrons. The molecule has 1 fully saturated rings. The number of carbonyl (C=O) groups is 1. The molecular weight excluding hydrogens is 240 g/mol. The van der Waals surface area contributed by atoms with Crippen LogP contribution in [0, 0.1) is 13.8 Å². The molecular formula is C15H22N2O2. The van der Waals surface area contributed by atoms with Crippen LogP contribution in [-0.2, 0) is 9.53 Å². The largest absolute Gasteiger partial charge is 0.368 e. The number of aryl methyl sites for hydroxylation is 1. The number of piperidine rings is 1. The molecule has 2 N–H and O–H groups in total. The first kappa shape index (κ1) is 14.0. The van der Waals surface area contributed by atoms with E-state index in [1.807, 2.05) is 32.0 Å². The Labute approximate surface area is 114 Å². The molecule has 0 unspecified atom stereocenters. The van der Waals surface area contributed by atoms with Crippen molar-refractivity contribution in [1.29, 1.82) is 0 Å². The summed E-state index contributed by atoms with van der Waals surface area (Å²) >= 11 is 0. The van der Waals surface area contributed by atoms with Crippen molar-refractivity contribution in [3.63, 3.8) is 0 Å². The van der Waals surface area contributed by atoms with Gasteiger partial charge in [0.05, 0.1) is 0 Å². The van der Waals surface area contributed by atoms with Crippen LogP contribution < -0.4 is 10.6 Å². The maximum atomic E-state index is 12.5. The highest BCUT2D eigenvalue weighted by atomic mass is 16.5. The van der Waals surface area contributed by atoms with Gasteiger partial charge in [-0.3, -0.25) is 4.79 Å². The van der Waals surface area contributed by atoms with Crippen LogP contribution in [0.3, 0.4) is 0 Å².